The molecule has 1 fully saturated rings. The van der Waals surface area contributed by atoms with Crippen LogP contribution in [-0.4, -0.2) is 36.2 Å². The first kappa shape index (κ1) is 15.6. The molecule has 0 heterocycles. The van der Waals surface area contributed by atoms with Gasteiger partial charge >= 0.3 is 12.0 Å². The third-order valence-electron chi connectivity index (χ3n) is 3.11. The van der Waals surface area contributed by atoms with E-state index in [9.17, 15) is 9.59 Å². The summed E-state index contributed by atoms with van der Waals surface area (Å²) in [5, 5.41) is 17.7. The second-order valence-electron chi connectivity index (χ2n) is 4.96. The molecule has 1 aromatic carbocycles. The third kappa shape index (κ3) is 5.24. The smallest absolute Gasteiger partial charge is 0.337 e. The van der Waals surface area contributed by atoms with E-state index in [-0.39, 0.29) is 16.6 Å². The second kappa shape index (κ2) is 7.28. The number of carbonyl (C=O) groups excluding carboxylic acids is 1. The van der Waals surface area contributed by atoms with Crippen LogP contribution in [0.1, 0.15) is 29.6 Å². The Bertz CT molecular complexity index is 532. The molecule has 114 valence electrons. The summed E-state index contributed by atoms with van der Waals surface area (Å²) >= 11 is 5.83. The molecule has 21 heavy (non-hydrogen) atoms. The molecule has 0 aromatic heterocycles. The van der Waals surface area contributed by atoms with Crippen molar-refractivity contribution in [2.24, 2.45) is 0 Å². The number of amides is 2. The van der Waals surface area contributed by atoms with Gasteiger partial charge in [-0.1, -0.05) is 11.6 Å². The number of urea groups is 1. The summed E-state index contributed by atoms with van der Waals surface area (Å²) in [5.41, 5.74) is 0.465. The topological polar surface area (TPSA) is 90.5 Å². The van der Waals surface area contributed by atoms with Crippen molar-refractivity contribution >= 4 is 29.3 Å². The summed E-state index contributed by atoms with van der Waals surface area (Å²) < 4.78 is 0. The maximum Gasteiger partial charge on any atom is 0.337 e. The molecule has 2 rings (SSSR count). The van der Waals surface area contributed by atoms with Crippen LogP contribution in [0.3, 0.4) is 0 Å². The Kier molecular flexibility index (Phi) is 5.41. The Morgan fingerprint density at radius 1 is 1.29 bits per heavy atom. The van der Waals surface area contributed by atoms with Gasteiger partial charge in [0.2, 0.25) is 0 Å². The summed E-state index contributed by atoms with van der Waals surface area (Å²) in [6.07, 6.45) is 3.37. The van der Waals surface area contributed by atoms with Gasteiger partial charge in [0.15, 0.2) is 0 Å². The highest BCUT2D eigenvalue weighted by Crippen LogP contribution is 2.21. The van der Waals surface area contributed by atoms with Crippen LogP contribution in [0.5, 0.6) is 0 Å². The number of carboxylic acid groups (broad SMARTS) is 1. The molecule has 0 radical (unpaired) electrons. The minimum absolute atomic E-state index is 0.00813. The fourth-order valence-electron chi connectivity index (χ4n) is 1.83. The SMILES string of the molecule is O=C(NCCCNC1CC1)Nc1ccc(C(=O)O)c(Cl)c1. The van der Waals surface area contributed by atoms with Gasteiger partial charge in [-0.05, 0) is 44.0 Å². The van der Waals surface area contributed by atoms with E-state index in [1.165, 1.54) is 31.0 Å². The Hall–Kier alpha value is -1.79. The first-order chi connectivity index (χ1) is 10.1. The Morgan fingerprint density at radius 2 is 2.05 bits per heavy atom. The minimum Gasteiger partial charge on any atom is -0.478 e. The van der Waals surface area contributed by atoms with E-state index in [4.69, 9.17) is 16.7 Å². The van der Waals surface area contributed by atoms with Gasteiger partial charge in [0.1, 0.15) is 0 Å². The molecule has 1 aliphatic rings. The molecule has 1 saturated carbocycles. The van der Waals surface area contributed by atoms with Crippen LogP contribution in [0.25, 0.3) is 0 Å². The summed E-state index contributed by atoms with van der Waals surface area (Å²) in [7, 11) is 0. The van der Waals surface area contributed by atoms with Crippen LogP contribution in [0.4, 0.5) is 10.5 Å². The van der Waals surface area contributed by atoms with Crippen LogP contribution >= 0.6 is 11.6 Å². The van der Waals surface area contributed by atoms with Crippen molar-refractivity contribution < 1.29 is 14.7 Å². The minimum atomic E-state index is -1.10. The number of hydrogen-bond acceptors (Lipinski definition) is 3. The van der Waals surface area contributed by atoms with E-state index in [1.54, 1.807) is 0 Å². The lowest BCUT2D eigenvalue weighted by Crippen LogP contribution is -2.31. The number of carbonyl (C=O) groups is 2. The zero-order chi connectivity index (χ0) is 15.2. The first-order valence-electron chi connectivity index (χ1n) is 6.87. The van der Waals surface area contributed by atoms with Gasteiger partial charge in [-0.15, -0.1) is 0 Å². The molecule has 0 spiro atoms. The standard InChI is InChI=1S/C14H18ClN3O3/c15-12-8-10(4-5-11(12)13(19)20)18-14(21)17-7-1-6-16-9-2-3-9/h4-5,8-9,16H,1-3,6-7H2,(H,19,20)(H2,17,18,21). The molecular weight excluding hydrogens is 294 g/mol. The van der Waals surface area contributed by atoms with Gasteiger partial charge in [0.25, 0.3) is 0 Å². The average Bonchev–Trinajstić information content (AvgIpc) is 3.22. The van der Waals surface area contributed by atoms with E-state index >= 15 is 0 Å². The highest BCUT2D eigenvalue weighted by atomic mass is 35.5. The van der Waals surface area contributed by atoms with Gasteiger partial charge < -0.3 is 21.1 Å². The number of aromatic carboxylic acids is 1. The molecule has 0 bridgehead atoms. The zero-order valence-electron chi connectivity index (χ0n) is 11.5. The van der Waals surface area contributed by atoms with E-state index in [1.807, 2.05) is 0 Å². The second-order valence-corrected chi connectivity index (χ2v) is 5.37. The van der Waals surface area contributed by atoms with Crippen molar-refractivity contribution in [3.63, 3.8) is 0 Å². The highest BCUT2D eigenvalue weighted by Gasteiger charge is 2.19. The van der Waals surface area contributed by atoms with Gasteiger partial charge in [-0.2, -0.15) is 0 Å². The normalized spacial score (nSPS) is 13.8. The summed E-state index contributed by atoms with van der Waals surface area (Å²) in [5.74, 6) is -1.10. The quantitative estimate of drug-likeness (QED) is 0.582. The number of hydrogen-bond donors (Lipinski definition) is 4. The number of nitrogens with one attached hydrogen (secondary N) is 3. The molecule has 2 amide bonds. The van der Waals surface area contributed by atoms with Crippen molar-refractivity contribution in [3.8, 4) is 0 Å². The predicted octanol–water partition coefficient (Wildman–Crippen LogP) is 2.30. The van der Waals surface area contributed by atoms with Crippen molar-refractivity contribution in [2.45, 2.75) is 25.3 Å². The number of anilines is 1. The molecule has 1 aliphatic carbocycles. The lowest BCUT2D eigenvalue weighted by molar-refractivity contribution is 0.0697. The molecule has 0 atom stereocenters. The van der Waals surface area contributed by atoms with Crippen LogP contribution in [-0.2, 0) is 0 Å². The molecular formula is C14H18ClN3O3. The largest absolute Gasteiger partial charge is 0.478 e. The highest BCUT2D eigenvalue weighted by molar-refractivity contribution is 6.33. The third-order valence-corrected chi connectivity index (χ3v) is 3.42. The van der Waals surface area contributed by atoms with E-state index < -0.39 is 5.97 Å². The molecule has 6 nitrogen and oxygen atoms in total. The first-order valence-corrected chi connectivity index (χ1v) is 7.25. The Morgan fingerprint density at radius 3 is 2.67 bits per heavy atom. The van der Waals surface area contributed by atoms with Crippen molar-refractivity contribution in [1.29, 1.82) is 0 Å². The summed E-state index contributed by atoms with van der Waals surface area (Å²) in [6.45, 7) is 1.47. The van der Waals surface area contributed by atoms with Crippen LogP contribution in [0.2, 0.25) is 5.02 Å². The molecule has 0 aliphatic heterocycles. The number of carboxylic acids is 1. The number of benzene rings is 1. The molecule has 0 unspecified atom stereocenters. The Balaban J connectivity index is 1.71. The number of rotatable bonds is 7. The molecule has 1 aromatic rings. The van der Waals surface area contributed by atoms with Crippen LogP contribution < -0.4 is 16.0 Å². The van der Waals surface area contributed by atoms with Gasteiger partial charge in [-0.25, -0.2) is 9.59 Å². The maximum atomic E-state index is 11.6. The monoisotopic (exact) mass is 311 g/mol. The molecule has 0 saturated heterocycles. The summed E-state index contributed by atoms with van der Waals surface area (Å²) in [4.78, 5) is 22.5. The van der Waals surface area contributed by atoms with Crippen molar-refractivity contribution in [1.82, 2.24) is 10.6 Å². The predicted molar refractivity (Wildman–Crippen MR) is 81.1 cm³/mol. The van der Waals surface area contributed by atoms with Crippen molar-refractivity contribution in [2.75, 3.05) is 18.4 Å². The van der Waals surface area contributed by atoms with Crippen molar-refractivity contribution in [3.05, 3.63) is 28.8 Å². The summed E-state index contributed by atoms with van der Waals surface area (Å²) in [6, 6.07) is 4.62. The van der Waals surface area contributed by atoms with E-state index in [0.29, 0.717) is 18.3 Å². The fraction of sp³-hybridized carbons (Fsp3) is 0.429. The lowest BCUT2D eigenvalue weighted by atomic mass is 10.2. The molecule has 4 N–H and O–H groups in total. The fourth-order valence-corrected chi connectivity index (χ4v) is 2.09. The maximum absolute atomic E-state index is 11.6. The number of halogens is 1. The van der Waals surface area contributed by atoms with Gasteiger partial charge in [0, 0.05) is 18.3 Å². The van der Waals surface area contributed by atoms with Crippen LogP contribution in [0.15, 0.2) is 18.2 Å². The van der Waals surface area contributed by atoms with Gasteiger partial charge in [0.05, 0.1) is 10.6 Å². The zero-order valence-corrected chi connectivity index (χ0v) is 12.2. The van der Waals surface area contributed by atoms with Crippen LogP contribution in [0, 0.1) is 0 Å². The lowest BCUT2D eigenvalue weighted by Gasteiger charge is -2.09. The van der Waals surface area contributed by atoms with E-state index in [0.717, 1.165) is 13.0 Å². The van der Waals surface area contributed by atoms with E-state index in [2.05, 4.69) is 16.0 Å². The van der Waals surface area contributed by atoms with Gasteiger partial charge in [-0.3, -0.25) is 0 Å². The Labute approximate surface area is 127 Å². The molecule has 7 heteroatoms. The average molecular weight is 312 g/mol.